The highest BCUT2D eigenvalue weighted by atomic mass is 32.2. The fourth-order valence-electron chi connectivity index (χ4n) is 1.39. The molecule has 1 aromatic rings. The van der Waals surface area contributed by atoms with Crippen molar-refractivity contribution < 1.29 is 18.3 Å². The van der Waals surface area contributed by atoms with E-state index in [9.17, 15) is 13.2 Å². The number of carboxylic acids is 1. The van der Waals surface area contributed by atoms with Crippen LogP contribution in [-0.2, 0) is 20.4 Å². The predicted molar refractivity (Wildman–Crippen MR) is 63.3 cm³/mol. The number of aromatic nitrogens is 1. The highest BCUT2D eigenvalue weighted by molar-refractivity contribution is 7.90. The number of sulfone groups is 1. The lowest BCUT2D eigenvalue weighted by Gasteiger charge is -2.08. The highest BCUT2D eigenvalue weighted by Gasteiger charge is 2.22. The van der Waals surface area contributed by atoms with Crippen molar-refractivity contribution in [1.29, 1.82) is 0 Å². The van der Waals surface area contributed by atoms with Crippen molar-refractivity contribution in [2.45, 2.75) is 19.6 Å². The molecule has 1 atom stereocenters. The van der Waals surface area contributed by atoms with Crippen LogP contribution in [-0.4, -0.2) is 30.2 Å². The molecule has 0 radical (unpaired) electrons. The Labute approximate surface area is 100 Å². The molecule has 0 aliphatic heterocycles. The van der Waals surface area contributed by atoms with Crippen LogP contribution in [0.2, 0.25) is 0 Å². The Morgan fingerprint density at radius 3 is 2.71 bits per heavy atom. The van der Waals surface area contributed by atoms with Crippen LogP contribution in [0.25, 0.3) is 0 Å². The third-order valence-corrected chi connectivity index (χ3v) is 4.12. The summed E-state index contributed by atoms with van der Waals surface area (Å²) >= 11 is 0. The third-order valence-electron chi connectivity index (χ3n) is 2.40. The van der Waals surface area contributed by atoms with Gasteiger partial charge in [0.1, 0.15) is 0 Å². The number of aryl methyl sites for hydroxylation is 1. The smallest absolute Gasteiger partial charge is 0.307 e. The second kappa shape index (κ2) is 5.27. The number of pyridine rings is 1. The monoisotopic (exact) mass is 257 g/mol. The van der Waals surface area contributed by atoms with E-state index in [-0.39, 0.29) is 11.5 Å². The van der Waals surface area contributed by atoms with Crippen LogP contribution in [0.4, 0.5) is 0 Å². The summed E-state index contributed by atoms with van der Waals surface area (Å²) in [6.07, 6.45) is 1.53. The second-order valence-corrected chi connectivity index (χ2v) is 6.17. The summed E-state index contributed by atoms with van der Waals surface area (Å²) in [4.78, 5) is 14.6. The SMILES string of the molecule is Cc1cccnc1CS(=O)(=O)CC(C)C(=O)O. The van der Waals surface area contributed by atoms with Gasteiger partial charge in [-0.1, -0.05) is 13.0 Å². The Morgan fingerprint density at radius 2 is 2.18 bits per heavy atom. The van der Waals surface area contributed by atoms with E-state index in [2.05, 4.69) is 4.98 Å². The predicted octanol–water partition coefficient (Wildman–Crippen LogP) is 1.03. The molecule has 0 spiro atoms. The zero-order valence-corrected chi connectivity index (χ0v) is 10.6. The second-order valence-electron chi connectivity index (χ2n) is 4.06. The van der Waals surface area contributed by atoms with Gasteiger partial charge in [0.25, 0.3) is 0 Å². The van der Waals surface area contributed by atoms with Crippen molar-refractivity contribution in [2.24, 2.45) is 5.92 Å². The Bertz CT molecular complexity index is 510. The molecule has 94 valence electrons. The minimum absolute atomic E-state index is 0.211. The molecule has 1 unspecified atom stereocenters. The molecule has 0 saturated heterocycles. The van der Waals surface area contributed by atoms with Crippen LogP contribution in [0.15, 0.2) is 18.3 Å². The van der Waals surface area contributed by atoms with Crippen LogP contribution in [0.3, 0.4) is 0 Å². The fourth-order valence-corrected chi connectivity index (χ4v) is 3.13. The lowest BCUT2D eigenvalue weighted by Crippen LogP contribution is -2.22. The van der Waals surface area contributed by atoms with Gasteiger partial charge in [0.2, 0.25) is 0 Å². The van der Waals surface area contributed by atoms with E-state index in [1.54, 1.807) is 19.1 Å². The average molecular weight is 257 g/mol. The molecule has 0 fully saturated rings. The van der Waals surface area contributed by atoms with Gasteiger partial charge in [-0.3, -0.25) is 9.78 Å². The van der Waals surface area contributed by atoms with Crippen LogP contribution in [0.1, 0.15) is 18.2 Å². The fraction of sp³-hybridized carbons (Fsp3) is 0.455. The Morgan fingerprint density at radius 1 is 1.53 bits per heavy atom. The first-order valence-electron chi connectivity index (χ1n) is 5.15. The average Bonchev–Trinajstić information content (AvgIpc) is 2.20. The maximum Gasteiger partial charge on any atom is 0.307 e. The van der Waals surface area contributed by atoms with Gasteiger partial charge in [0.15, 0.2) is 9.84 Å². The van der Waals surface area contributed by atoms with E-state index in [1.165, 1.54) is 13.1 Å². The molecule has 1 N–H and O–H groups in total. The summed E-state index contributed by atoms with van der Waals surface area (Å²) in [5.74, 6) is -2.58. The molecule has 1 aromatic heterocycles. The topological polar surface area (TPSA) is 84.3 Å². The summed E-state index contributed by atoms with van der Waals surface area (Å²) in [5, 5.41) is 8.69. The zero-order valence-electron chi connectivity index (χ0n) is 9.75. The summed E-state index contributed by atoms with van der Waals surface area (Å²) in [6.45, 7) is 3.16. The van der Waals surface area contributed by atoms with E-state index in [0.717, 1.165) is 5.56 Å². The van der Waals surface area contributed by atoms with Gasteiger partial charge in [-0.05, 0) is 18.6 Å². The molecule has 0 saturated carbocycles. The van der Waals surface area contributed by atoms with Gasteiger partial charge in [0.05, 0.1) is 23.1 Å². The van der Waals surface area contributed by atoms with Crippen molar-refractivity contribution >= 4 is 15.8 Å². The molecular formula is C11H15NO4S. The van der Waals surface area contributed by atoms with E-state index in [1.807, 2.05) is 0 Å². The molecule has 17 heavy (non-hydrogen) atoms. The summed E-state index contributed by atoms with van der Waals surface area (Å²) in [5.41, 5.74) is 1.27. The van der Waals surface area contributed by atoms with Crippen LogP contribution in [0, 0.1) is 12.8 Å². The molecule has 0 aliphatic carbocycles. The van der Waals surface area contributed by atoms with Gasteiger partial charge < -0.3 is 5.11 Å². The molecule has 1 heterocycles. The van der Waals surface area contributed by atoms with Gasteiger partial charge in [0, 0.05) is 6.20 Å². The van der Waals surface area contributed by atoms with Gasteiger partial charge in [-0.25, -0.2) is 8.42 Å². The Balaban J connectivity index is 2.81. The first kappa shape index (κ1) is 13.6. The van der Waals surface area contributed by atoms with E-state index >= 15 is 0 Å². The first-order chi connectivity index (χ1) is 7.82. The van der Waals surface area contributed by atoms with Crippen molar-refractivity contribution in [2.75, 3.05) is 5.75 Å². The zero-order chi connectivity index (χ0) is 13.1. The summed E-state index contributed by atoms with van der Waals surface area (Å²) in [6, 6.07) is 3.50. The van der Waals surface area contributed by atoms with Crippen LogP contribution >= 0.6 is 0 Å². The van der Waals surface area contributed by atoms with Crippen molar-refractivity contribution in [3.63, 3.8) is 0 Å². The summed E-state index contributed by atoms with van der Waals surface area (Å²) < 4.78 is 23.5. The largest absolute Gasteiger partial charge is 0.481 e. The summed E-state index contributed by atoms with van der Waals surface area (Å²) in [7, 11) is -3.44. The van der Waals surface area contributed by atoms with Gasteiger partial charge in [-0.2, -0.15) is 0 Å². The van der Waals surface area contributed by atoms with Crippen molar-refractivity contribution in [1.82, 2.24) is 4.98 Å². The number of carbonyl (C=O) groups is 1. The van der Waals surface area contributed by atoms with Gasteiger partial charge in [-0.15, -0.1) is 0 Å². The molecular weight excluding hydrogens is 242 g/mol. The van der Waals surface area contributed by atoms with Crippen LogP contribution in [0.5, 0.6) is 0 Å². The highest BCUT2D eigenvalue weighted by Crippen LogP contribution is 2.11. The minimum atomic E-state index is -3.44. The van der Waals surface area contributed by atoms with E-state index in [0.29, 0.717) is 5.69 Å². The normalized spacial score (nSPS) is 13.3. The maximum absolute atomic E-state index is 11.8. The minimum Gasteiger partial charge on any atom is -0.481 e. The maximum atomic E-state index is 11.8. The lowest BCUT2D eigenvalue weighted by molar-refractivity contribution is -0.140. The standard InChI is InChI=1S/C11H15NO4S/c1-8-4-3-5-12-10(8)7-17(15,16)6-9(2)11(13)14/h3-5,9H,6-7H2,1-2H3,(H,13,14). The number of aliphatic carboxylic acids is 1. The lowest BCUT2D eigenvalue weighted by atomic mass is 10.2. The van der Waals surface area contributed by atoms with Gasteiger partial charge >= 0.3 is 5.97 Å². The third kappa shape index (κ3) is 4.14. The van der Waals surface area contributed by atoms with Crippen molar-refractivity contribution in [3.8, 4) is 0 Å². The molecule has 0 aromatic carbocycles. The molecule has 6 heteroatoms. The Hall–Kier alpha value is -1.43. The molecule has 0 bridgehead atoms. The first-order valence-corrected chi connectivity index (χ1v) is 6.97. The number of nitrogens with zero attached hydrogens (tertiary/aromatic N) is 1. The number of carboxylic acid groups (broad SMARTS) is 1. The quantitative estimate of drug-likeness (QED) is 0.851. The molecule has 0 aliphatic rings. The van der Waals surface area contributed by atoms with E-state index in [4.69, 9.17) is 5.11 Å². The molecule has 0 amide bonds. The Kier molecular flexibility index (Phi) is 4.22. The number of rotatable bonds is 5. The van der Waals surface area contributed by atoms with Crippen molar-refractivity contribution in [3.05, 3.63) is 29.6 Å². The number of hydrogen-bond acceptors (Lipinski definition) is 4. The number of hydrogen-bond donors (Lipinski definition) is 1. The molecule has 5 nitrogen and oxygen atoms in total. The van der Waals surface area contributed by atoms with Crippen LogP contribution < -0.4 is 0 Å². The molecule has 1 rings (SSSR count). The van der Waals surface area contributed by atoms with E-state index < -0.39 is 21.7 Å².